The Morgan fingerprint density at radius 3 is 2.50 bits per heavy atom. The van der Waals surface area contributed by atoms with Crippen LogP contribution in [0.4, 0.5) is 0 Å². The van der Waals surface area contributed by atoms with Crippen molar-refractivity contribution in [1.29, 1.82) is 0 Å². The summed E-state index contributed by atoms with van der Waals surface area (Å²) in [6.45, 7) is 8.58. The molecule has 0 saturated carbocycles. The van der Waals surface area contributed by atoms with Gasteiger partial charge in [0.2, 0.25) is 0 Å². The van der Waals surface area contributed by atoms with Crippen molar-refractivity contribution in [1.82, 2.24) is 10.5 Å². The lowest BCUT2D eigenvalue weighted by molar-refractivity contribution is -0.147. The number of aromatic nitrogens is 1. The minimum Gasteiger partial charge on any atom is -0.489 e. The average Bonchev–Trinajstić information content (AvgIpc) is 2.97. The lowest BCUT2D eigenvalue weighted by atomic mass is 10.1. The Kier molecular flexibility index (Phi) is 8.04. The van der Waals surface area contributed by atoms with E-state index >= 15 is 0 Å². The van der Waals surface area contributed by atoms with Crippen LogP contribution in [0.1, 0.15) is 42.8 Å². The Balaban J connectivity index is 1.72. The Morgan fingerprint density at radius 2 is 1.89 bits per heavy atom. The average molecular weight is 388 g/mol. The summed E-state index contributed by atoms with van der Waals surface area (Å²) in [5.74, 6) is 1.21. The van der Waals surface area contributed by atoms with E-state index in [1.807, 2.05) is 13.8 Å². The predicted octanol–water partition coefficient (Wildman–Crippen LogP) is 3.12. The SMILES string of the molecule is Cc1noc(C)c1COc1ccc(CC(=O)OCC(=O)NCCC(C)C)cc1. The van der Waals surface area contributed by atoms with Crippen LogP contribution in [-0.4, -0.2) is 30.2 Å². The molecule has 1 aromatic carbocycles. The van der Waals surface area contributed by atoms with E-state index in [9.17, 15) is 9.59 Å². The van der Waals surface area contributed by atoms with E-state index in [2.05, 4.69) is 24.3 Å². The van der Waals surface area contributed by atoms with Crippen molar-refractivity contribution in [3.8, 4) is 5.75 Å². The van der Waals surface area contributed by atoms with Crippen LogP contribution in [0.5, 0.6) is 5.75 Å². The fourth-order valence-corrected chi connectivity index (χ4v) is 2.48. The molecule has 1 aromatic heterocycles. The summed E-state index contributed by atoms with van der Waals surface area (Å²) in [7, 11) is 0. The lowest BCUT2D eigenvalue weighted by Gasteiger charge is -2.09. The summed E-state index contributed by atoms with van der Waals surface area (Å²) in [6, 6.07) is 7.18. The molecular weight excluding hydrogens is 360 g/mol. The fraction of sp³-hybridized carbons (Fsp3) is 0.476. The Bertz CT molecular complexity index is 761. The van der Waals surface area contributed by atoms with Gasteiger partial charge in [0.15, 0.2) is 6.61 Å². The minimum atomic E-state index is -0.441. The summed E-state index contributed by atoms with van der Waals surface area (Å²) >= 11 is 0. The summed E-state index contributed by atoms with van der Waals surface area (Å²) in [6.07, 6.45) is 0.994. The number of carbonyl (C=O) groups excluding carboxylic acids is 2. The smallest absolute Gasteiger partial charge is 0.310 e. The highest BCUT2D eigenvalue weighted by molar-refractivity contribution is 5.81. The minimum absolute atomic E-state index is 0.101. The second kappa shape index (κ2) is 10.5. The van der Waals surface area contributed by atoms with Gasteiger partial charge in [-0.15, -0.1) is 0 Å². The van der Waals surface area contributed by atoms with Crippen LogP contribution in [0.25, 0.3) is 0 Å². The number of hydrogen-bond donors (Lipinski definition) is 1. The van der Waals surface area contributed by atoms with Crippen molar-refractivity contribution in [2.45, 2.75) is 47.1 Å². The molecule has 28 heavy (non-hydrogen) atoms. The third kappa shape index (κ3) is 7.06. The first-order chi connectivity index (χ1) is 13.3. The first kappa shape index (κ1) is 21.5. The van der Waals surface area contributed by atoms with Gasteiger partial charge in [-0.3, -0.25) is 9.59 Å². The number of nitrogens with one attached hydrogen (secondary N) is 1. The van der Waals surface area contributed by atoms with Crippen molar-refractivity contribution in [3.05, 3.63) is 46.8 Å². The number of benzene rings is 1. The third-order valence-electron chi connectivity index (χ3n) is 4.24. The molecule has 2 aromatic rings. The topological polar surface area (TPSA) is 90.7 Å². The van der Waals surface area contributed by atoms with Crippen LogP contribution in [0.15, 0.2) is 28.8 Å². The van der Waals surface area contributed by atoms with Crippen LogP contribution < -0.4 is 10.1 Å². The van der Waals surface area contributed by atoms with Gasteiger partial charge in [-0.25, -0.2) is 0 Å². The van der Waals surface area contributed by atoms with Crippen molar-refractivity contribution in [2.24, 2.45) is 5.92 Å². The quantitative estimate of drug-likeness (QED) is 0.629. The summed E-state index contributed by atoms with van der Waals surface area (Å²) < 4.78 is 15.9. The van der Waals surface area contributed by atoms with Crippen LogP contribution in [0.2, 0.25) is 0 Å². The number of amides is 1. The Hall–Kier alpha value is -2.83. The molecule has 1 N–H and O–H groups in total. The van der Waals surface area contributed by atoms with Crippen molar-refractivity contribution < 1.29 is 23.6 Å². The molecule has 0 fully saturated rings. The number of esters is 1. The summed E-state index contributed by atoms with van der Waals surface area (Å²) in [4.78, 5) is 23.5. The third-order valence-corrected chi connectivity index (χ3v) is 4.24. The molecule has 0 unspecified atom stereocenters. The number of nitrogens with zero attached hydrogens (tertiary/aromatic N) is 1. The first-order valence-electron chi connectivity index (χ1n) is 9.41. The Morgan fingerprint density at radius 1 is 1.18 bits per heavy atom. The highest BCUT2D eigenvalue weighted by Crippen LogP contribution is 2.18. The monoisotopic (exact) mass is 388 g/mol. The van der Waals surface area contributed by atoms with Crippen LogP contribution in [0, 0.1) is 19.8 Å². The number of aryl methyl sites for hydroxylation is 2. The van der Waals surface area contributed by atoms with Gasteiger partial charge in [0.1, 0.15) is 18.1 Å². The second-order valence-electron chi connectivity index (χ2n) is 7.11. The number of rotatable bonds is 10. The highest BCUT2D eigenvalue weighted by atomic mass is 16.5. The van der Waals surface area contributed by atoms with Gasteiger partial charge in [-0.05, 0) is 43.9 Å². The van der Waals surface area contributed by atoms with Gasteiger partial charge in [0.25, 0.3) is 5.91 Å². The van der Waals surface area contributed by atoms with Crippen LogP contribution in [-0.2, 0) is 27.4 Å². The van der Waals surface area contributed by atoms with Crippen LogP contribution in [0.3, 0.4) is 0 Å². The number of carbonyl (C=O) groups is 2. The molecule has 1 heterocycles. The lowest BCUT2D eigenvalue weighted by Crippen LogP contribution is -2.30. The highest BCUT2D eigenvalue weighted by Gasteiger charge is 2.11. The molecule has 0 atom stereocenters. The summed E-state index contributed by atoms with van der Waals surface area (Å²) in [5, 5.41) is 6.62. The molecule has 7 heteroatoms. The zero-order chi connectivity index (χ0) is 20.5. The molecule has 0 saturated heterocycles. The molecule has 0 aliphatic heterocycles. The van der Waals surface area contributed by atoms with Gasteiger partial charge in [-0.2, -0.15) is 0 Å². The standard InChI is InChI=1S/C21H28N2O5/c1-14(2)9-10-22-20(24)13-27-21(25)11-17-5-7-18(8-6-17)26-12-19-15(3)23-28-16(19)4/h5-8,14H,9-13H2,1-4H3,(H,22,24). The van der Waals surface area contributed by atoms with E-state index in [1.165, 1.54) is 0 Å². The molecule has 2 rings (SSSR count). The maximum absolute atomic E-state index is 11.9. The zero-order valence-electron chi connectivity index (χ0n) is 16.9. The van der Waals surface area contributed by atoms with Gasteiger partial charge >= 0.3 is 5.97 Å². The van der Waals surface area contributed by atoms with E-state index in [4.69, 9.17) is 14.0 Å². The molecule has 0 aliphatic rings. The maximum Gasteiger partial charge on any atom is 0.310 e. The van der Waals surface area contributed by atoms with E-state index in [1.54, 1.807) is 24.3 Å². The van der Waals surface area contributed by atoms with E-state index in [0.29, 0.717) is 24.8 Å². The number of hydrogen-bond acceptors (Lipinski definition) is 6. The van der Waals surface area contributed by atoms with Gasteiger partial charge in [-0.1, -0.05) is 31.1 Å². The molecule has 0 bridgehead atoms. The Labute approximate surface area is 165 Å². The second-order valence-corrected chi connectivity index (χ2v) is 7.11. The maximum atomic E-state index is 11.9. The van der Waals surface area contributed by atoms with Crippen LogP contribution >= 0.6 is 0 Å². The molecule has 1 amide bonds. The molecule has 0 spiro atoms. The molecular formula is C21H28N2O5. The molecule has 7 nitrogen and oxygen atoms in total. The van der Waals surface area contributed by atoms with Crippen molar-refractivity contribution >= 4 is 11.9 Å². The van der Waals surface area contributed by atoms with E-state index < -0.39 is 5.97 Å². The molecule has 152 valence electrons. The normalized spacial score (nSPS) is 10.8. The van der Waals surface area contributed by atoms with Gasteiger partial charge < -0.3 is 19.3 Å². The van der Waals surface area contributed by atoms with Gasteiger partial charge in [0.05, 0.1) is 17.7 Å². The zero-order valence-corrected chi connectivity index (χ0v) is 16.9. The summed E-state index contributed by atoms with van der Waals surface area (Å²) in [5.41, 5.74) is 2.53. The largest absolute Gasteiger partial charge is 0.489 e. The number of ether oxygens (including phenoxy) is 2. The van der Waals surface area contributed by atoms with E-state index in [0.717, 1.165) is 29.0 Å². The van der Waals surface area contributed by atoms with Crippen molar-refractivity contribution in [2.75, 3.05) is 13.2 Å². The van der Waals surface area contributed by atoms with E-state index in [-0.39, 0.29) is 18.9 Å². The molecule has 0 aliphatic carbocycles. The van der Waals surface area contributed by atoms with Crippen molar-refractivity contribution in [3.63, 3.8) is 0 Å². The van der Waals surface area contributed by atoms with Gasteiger partial charge in [0, 0.05) is 6.54 Å². The fourth-order valence-electron chi connectivity index (χ4n) is 2.48. The molecule has 0 radical (unpaired) electrons. The first-order valence-corrected chi connectivity index (χ1v) is 9.41. The predicted molar refractivity (Wildman–Crippen MR) is 104 cm³/mol.